The molecule has 0 spiro atoms. The van der Waals surface area contributed by atoms with Crippen LogP contribution < -0.4 is 10.1 Å². The van der Waals surface area contributed by atoms with Crippen LogP contribution in [0.3, 0.4) is 0 Å². The van der Waals surface area contributed by atoms with Crippen LogP contribution in [-0.2, 0) is 20.7 Å². The molecule has 6 nitrogen and oxygen atoms in total. The molecule has 0 saturated heterocycles. The van der Waals surface area contributed by atoms with Crippen LogP contribution >= 0.6 is 9.16 Å². The predicted molar refractivity (Wildman–Crippen MR) is 152 cm³/mol. The van der Waals surface area contributed by atoms with E-state index in [1.54, 1.807) is 31.3 Å². The zero-order chi connectivity index (χ0) is 28.5. The quantitative estimate of drug-likeness (QED) is 0.407. The number of thiol groups is 1. The largest absolute Gasteiger partial charge is 0.497 e. The molecule has 9 heteroatoms. The highest BCUT2D eigenvalue weighted by molar-refractivity contribution is 8.47. The summed E-state index contributed by atoms with van der Waals surface area (Å²) >= 11 is 0. The highest BCUT2D eigenvalue weighted by atomic mass is 32.3. The first-order chi connectivity index (χ1) is 17.5. The molecule has 0 fully saturated rings. The third-order valence-electron chi connectivity index (χ3n) is 6.94. The molecule has 212 valence electrons. The number of nitrogens with zero attached hydrogens (tertiary/aromatic N) is 1. The van der Waals surface area contributed by atoms with Crippen LogP contribution in [0.1, 0.15) is 43.9 Å². The van der Waals surface area contributed by atoms with E-state index in [1.807, 2.05) is 44.9 Å². The average Bonchev–Trinajstić information content (AvgIpc) is 2.79. The number of halogens is 2. The lowest BCUT2D eigenvalue weighted by atomic mass is 9.84. The van der Waals surface area contributed by atoms with E-state index in [0.717, 1.165) is 17.7 Å². The number of rotatable bonds is 9. The fourth-order valence-electron chi connectivity index (χ4n) is 4.96. The Bertz CT molecular complexity index is 1190. The minimum Gasteiger partial charge on any atom is -0.497 e. The van der Waals surface area contributed by atoms with Gasteiger partial charge >= 0.3 is 0 Å². The van der Waals surface area contributed by atoms with Crippen LogP contribution in [0, 0.1) is 17.0 Å². The maximum Gasteiger partial charge on any atom is 0.251 e. The van der Waals surface area contributed by atoms with Gasteiger partial charge < -0.3 is 19.7 Å². The number of carbonyl (C=O) groups is 2. The van der Waals surface area contributed by atoms with Crippen molar-refractivity contribution >= 4 is 26.7 Å². The number of benzene rings is 2. The van der Waals surface area contributed by atoms with Crippen LogP contribution in [0.15, 0.2) is 35.2 Å². The molecule has 0 aliphatic carbocycles. The molecular weight excluding hydrogens is 510 g/mol. The van der Waals surface area contributed by atoms with E-state index in [2.05, 4.69) is 5.32 Å². The SMILES string of the molecule is COCCC(C)(C)CC(=O)N1CCc2cc(OC)ccc2[C@@H]1C(=O)Nc1cc(F)c([SH](C)(C)(C)C)c(F)c1. The Hall–Kier alpha value is -2.65. The summed E-state index contributed by atoms with van der Waals surface area (Å²) in [5.41, 5.74) is 1.25. The molecule has 3 rings (SSSR count). The highest BCUT2D eigenvalue weighted by Crippen LogP contribution is 2.65. The van der Waals surface area contributed by atoms with E-state index in [1.165, 1.54) is 0 Å². The molecule has 0 aromatic heterocycles. The number of ether oxygens (including phenoxy) is 2. The molecule has 1 aliphatic rings. The summed E-state index contributed by atoms with van der Waals surface area (Å²) in [5.74, 6) is -1.40. The van der Waals surface area contributed by atoms with E-state index in [4.69, 9.17) is 9.47 Å². The minimum atomic E-state index is -2.75. The van der Waals surface area contributed by atoms with Crippen LogP contribution in [0.25, 0.3) is 0 Å². The molecular formula is C29H42F2N2O4S. The number of carbonyl (C=O) groups excluding carboxylic acids is 2. The summed E-state index contributed by atoms with van der Waals surface area (Å²) in [6.07, 6.45) is 8.97. The average molecular weight is 553 g/mol. The fourth-order valence-corrected chi connectivity index (χ4v) is 6.80. The summed E-state index contributed by atoms with van der Waals surface area (Å²) < 4.78 is 40.8. The minimum absolute atomic E-state index is 0.0163. The van der Waals surface area contributed by atoms with Gasteiger partial charge in [-0.1, -0.05) is 19.9 Å². The summed E-state index contributed by atoms with van der Waals surface area (Å²) in [7, 11) is 0.445. The molecule has 0 saturated carbocycles. The first-order valence-corrected chi connectivity index (χ1v) is 16.8. The van der Waals surface area contributed by atoms with Crippen molar-refractivity contribution < 1.29 is 27.8 Å². The second-order valence-electron chi connectivity index (χ2n) is 12.7. The van der Waals surface area contributed by atoms with E-state index < -0.39 is 32.7 Å². The first-order valence-electron chi connectivity index (χ1n) is 12.8. The summed E-state index contributed by atoms with van der Waals surface area (Å²) in [6, 6.07) is 6.77. The molecule has 0 bridgehead atoms. The van der Waals surface area contributed by atoms with E-state index in [0.29, 0.717) is 37.3 Å². The van der Waals surface area contributed by atoms with Gasteiger partial charge in [-0.05, 0) is 78.7 Å². The number of methoxy groups -OCH3 is 2. The van der Waals surface area contributed by atoms with Gasteiger partial charge in [-0.25, -0.2) is 8.78 Å². The molecule has 2 amide bonds. The molecule has 1 atom stereocenters. The third kappa shape index (κ3) is 6.86. The van der Waals surface area contributed by atoms with Gasteiger partial charge in [0.1, 0.15) is 23.4 Å². The topological polar surface area (TPSA) is 67.9 Å². The van der Waals surface area contributed by atoms with E-state index in [9.17, 15) is 9.59 Å². The van der Waals surface area contributed by atoms with Crippen molar-refractivity contribution in [3.05, 3.63) is 53.1 Å². The number of fused-ring (bicyclic) bond motifs is 1. The van der Waals surface area contributed by atoms with Gasteiger partial charge in [0.2, 0.25) is 5.91 Å². The predicted octanol–water partition coefficient (Wildman–Crippen LogP) is 5.44. The van der Waals surface area contributed by atoms with Crippen LogP contribution in [0.5, 0.6) is 5.75 Å². The summed E-state index contributed by atoms with van der Waals surface area (Å²) in [6.45, 7) is 4.85. The Kier molecular flexibility index (Phi) is 8.53. The lowest BCUT2D eigenvalue weighted by Crippen LogP contribution is -2.46. The van der Waals surface area contributed by atoms with Gasteiger partial charge in [0.25, 0.3) is 5.91 Å². The normalized spacial score (nSPS) is 16.8. The second kappa shape index (κ2) is 10.8. The maximum atomic E-state index is 15.1. The highest BCUT2D eigenvalue weighted by Gasteiger charge is 2.38. The van der Waals surface area contributed by atoms with Crippen molar-refractivity contribution in [1.29, 1.82) is 0 Å². The molecule has 2 aromatic carbocycles. The Morgan fingerprint density at radius 2 is 1.71 bits per heavy atom. The summed E-state index contributed by atoms with van der Waals surface area (Å²) in [4.78, 5) is 28.9. The number of hydrogen-bond acceptors (Lipinski definition) is 4. The van der Waals surface area contributed by atoms with Gasteiger partial charge in [-0.15, -0.1) is 0 Å². The monoisotopic (exact) mass is 552 g/mol. The third-order valence-corrected chi connectivity index (χ3v) is 9.15. The van der Waals surface area contributed by atoms with Crippen molar-refractivity contribution in [1.82, 2.24) is 4.90 Å². The van der Waals surface area contributed by atoms with Crippen molar-refractivity contribution in [2.75, 3.05) is 57.7 Å². The van der Waals surface area contributed by atoms with Gasteiger partial charge in [-0.2, -0.15) is 0 Å². The number of anilines is 1. The van der Waals surface area contributed by atoms with E-state index in [-0.39, 0.29) is 28.3 Å². The van der Waals surface area contributed by atoms with Gasteiger partial charge in [0.05, 0.1) is 7.11 Å². The molecule has 38 heavy (non-hydrogen) atoms. The lowest BCUT2D eigenvalue weighted by molar-refractivity contribution is -0.141. The van der Waals surface area contributed by atoms with Gasteiger partial charge in [0.15, 0.2) is 0 Å². The smallest absolute Gasteiger partial charge is 0.251 e. The molecule has 1 N–H and O–H groups in total. The maximum absolute atomic E-state index is 15.1. The van der Waals surface area contributed by atoms with Gasteiger partial charge in [0, 0.05) is 37.3 Å². The summed E-state index contributed by atoms with van der Waals surface area (Å²) in [5, 5.41) is 2.69. The number of amides is 2. The molecule has 0 radical (unpaired) electrons. The number of nitrogens with one attached hydrogen (secondary N) is 1. The van der Waals surface area contributed by atoms with Crippen molar-refractivity contribution in [3.63, 3.8) is 0 Å². The zero-order valence-electron chi connectivity index (χ0n) is 23.8. The molecule has 1 aliphatic heterocycles. The Morgan fingerprint density at radius 3 is 2.26 bits per heavy atom. The molecule has 1 heterocycles. The van der Waals surface area contributed by atoms with Crippen LogP contribution in [0.4, 0.5) is 14.5 Å². The van der Waals surface area contributed by atoms with Crippen molar-refractivity contribution in [2.24, 2.45) is 5.41 Å². The standard InChI is InChI=1S/C29H42F2N2O4S/c1-29(2,12-14-36-3)18-25(34)33-13-11-19-15-21(37-4)9-10-22(19)26(33)28(35)32-20-16-23(30)27(24(31)17-20)38(5,6,7)8/h9-10,15-17,26,38H,11-14,18H2,1-8H3,(H,32,35)/t26-/m1/s1. The van der Waals surface area contributed by atoms with Gasteiger partial charge in [-0.3, -0.25) is 18.8 Å². The van der Waals surface area contributed by atoms with Crippen LogP contribution in [0.2, 0.25) is 0 Å². The zero-order valence-corrected chi connectivity index (χ0v) is 24.7. The number of hydrogen-bond donors (Lipinski definition) is 2. The molecule has 2 aromatic rings. The Morgan fingerprint density at radius 1 is 1.08 bits per heavy atom. The first kappa shape index (κ1) is 29.9. The lowest BCUT2D eigenvalue weighted by Gasteiger charge is -2.47. The van der Waals surface area contributed by atoms with E-state index >= 15 is 8.78 Å². The van der Waals surface area contributed by atoms with Crippen LogP contribution in [-0.4, -0.2) is 69.1 Å². The van der Waals surface area contributed by atoms with Crippen molar-refractivity contribution in [3.8, 4) is 5.75 Å². The Balaban J connectivity index is 1.97. The Labute approximate surface area is 225 Å². The van der Waals surface area contributed by atoms with Crippen molar-refractivity contribution in [2.45, 2.75) is 44.0 Å². The molecule has 0 unspecified atom stereocenters. The second-order valence-corrected chi connectivity index (χ2v) is 20.3. The fraction of sp³-hybridized carbons (Fsp3) is 0.517.